The number of halogens is 1. The van der Waals surface area contributed by atoms with Gasteiger partial charge < -0.3 is 4.74 Å². The average Bonchev–Trinajstić information content (AvgIpc) is 2.47. The maximum atomic E-state index is 11.4. The van der Waals surface area contributed by atoms with E-state index in [0.717, 1.165) is 7.11 Å². The monoisotopic (exact) mass is 260 g/mol. The maximum absolute atomic E-state index is 11.4. The summed E-state index contributed by atoms with van der Waals surface area (Å²) in [6.07, 6.45) is 0. The van der Waals surface area contributed by atoms with E-state index in [9.17, 15) is 13.9 Å². The van der Waals surface area contributed by atoms with Crippen LogP contribution in [0, 0.1) is 0 Å². The van der Waals surface area contributed by atoms with Gasteiger partial charge in [0.25, 0.3) is 0 Å². The fourth-order valence-corrected chi connectivity index (χ4v) is 3.81. The normalized spacial score (nSPS) is 19.2. The van der Waals surface area contributed by atoms with Crippen LogP contribution in [0.3, 0.4) is 0 Å². The van der Waals surface area contributed by atoms with E-state index in [2.05, 4.69) is 4.74 Å². The van der Waals surface area contributed by atoms with Crippen LogP contribution in [0.4, 0.5) is 0 Å². The quantitative estimate of drug-likeness (QED) is 0.762. The van der Waals surface area contributed by atoms with Crippen LogP contribution in [-0.2, 0) is 9.53 Å². The minimum atomic E-state index is -3.33. The molecule has 0 fully saturated rings. The first-order valence-electron chi connectivity index (χ1n) is 4.36. The molecule has 0 radical (unpaired) electrons. The fraction of sp³-hybridized carbons (Fsp3) is 0.100. The SMILES string of the molecule is COC(=O)C1=C(Cl)c2ccccc2S1(O)O. The number of benzene rings is 1. The molecular formula is C10H9ClO4S. The van der Waals surface area contributed by atoms with Crippen LogP contribution < -0.4 is 0 Å². The molecular weight excluding hydrogens is 252 g/mol. The van der Waals surface area contributed by atoms with Gasteiger partial charge in [0, 0.05) is 5.56 Å². The summed E-state index contributed by atoms with van der Waals surface area (Å²) < 4.78 is 24.4. The zero-order chi connectivity index (χ0) is 11.9. The zero-order valence-corrected chi connectivity index (χ0v) is 9.88. The molecule has 1 aromatic rings. The predicted molar refractivity (Wildman–Crippen MR) is 62.3 cm³/mol. The summed E-state index contributed by atoms with van der Waals surface area (Å²) in [6.45, 7) is 0. The van der Waals surface area contributed by atoms with Crippen LogP contribution in [-0.4, -0.2) is 22.2 Å². The maximum Gasteiger partial charge on any atom is 0.355 e. The molecule has 0 bridgehead atoms. The van der Waals surface area contributed by atoms with Crippen LogP contribution >= 0.6 is 22.2 Å². The number of methoxy groups -OCH3 is 1. The van der Waals surface area contributed by atoms with Crippen molar-refractivity contribution in [3.8, 4) is 0 Å². The first-order chi connectivity index (χ1) is 7.50. The van der Waals surface area contributed by atoms with Gasteiger partial charge in [-0.1, -0.05) is 29.8 Å². The summed E-state index contributed by atoms with van der Waals surface area (Å²) in [5.74, 6) is -0.818. The Kier molecular flexibility index (Phi) is 2.71. The Morgan fingerprint density at radius 1 is 1.38 bits per heavy atom. The molecule has 1 aliphatic rings. The van der Waals surface area contributed by atoms with Crippen molar-refractivity contribution in [2.45, 2.75) is 4.90 Å². The topological polar surface area (TPSA) is 66.8 Å². The summed E-state index contributed by atoms with van der Waals surface area (Å²) in [4.78, 5) is 11.4. The van der Waals surface area contributed by atoms with Crippen molar-refractivity contribution in [2.24, 2.45) is 0 Å². The Morgan fingerprint density at radius 3 is 2.56 bits per heavy atom. The lowest BCUT2D eigenvalue weighted by atomic mass is 10.2. The molecule has 0 saturated carbocycles. The van der Waals surface area contributed by atoms with E-state index < -0.39 is 16.6 Å². The van der Waals surface area contributed by atoms with Crippen molar-refractivity contribution in [1.82, 2.24) is 0 Å². The molecule has 0 amide bonds. The van der Waals surface area contributed by atoms with Crippen LogP contribution in [0.5, 0.6) is 0 Å². The van der Waals surface area contributed by atoms with Gasteiger partial charge in [0.15, 0.2) is 4.91 Å². The fourth-order valence-electron chi connectivity index (χ4n) is 1.55. The van der Waals surface area contributed by atoms with E-state index in [1.165, 1.54) is 6.07 Å². The van der Waals surface area contributed by atoms with Crippen LogP contribution in [0.15, 0.2) is 34.1 Å². The summed E-state index contributed by atoms with van der Waals surface area (Å²) in [5, 5.41) is 0.0439. The molecule has 0 atom stereocenters. The number of ether oxygens (including phenoxy) is 1. The van der Waals surface area contributed by atoms with Crippen LogP contribution in [0.2, 0.25) is 0 Å². The van der Waals surface area contributed by atoms with Crippen LogP contribution in [0.25, 0.3) is 5.03 Å². The largest absolute Gasteiger partial charge is 0.464 e. The lowest BCUT2D eigenvalue weighted by molar-refractivity contribution is -0.135. The molecule has 16 heavy (non-hydrogen) atoms. The molecule has 1 aliphatic heterocycles. The number of esters is 1. The van der Waals surface area contributed by atoms with Crippen LogP contribution in [0.1, 0.15) is 5.56 Å². The number of carbonyl (C=O) groups excluding carboxylic acids is 1. The van der Waals surface area contributed by atoms with E-state index in [-0.39, 0.29) is 14.8 Å². The second kappa shape index (κ2) is 3.78. The Bertz CT molecular complexity index is 495. The second-order valence-electron chi connectivity index (χ2n) is 3.18. The average molecular weight is 261 g/mol. The number of rotatable bonds is 1. The molecule has 0 aromatic heterocycles. The first-order valence-corrected chi connectivity index (χ1v) is 6.28. The van der Waals surface area contributed by atoms with E-state index in [1.54, 1.807) is 18.2 Å². The number of hydrogen-bond donors (Lipinski definition) is 2. The first kappa shape index (κ1) is 11.5. The highest BCUT2D eigenvalue weighted by molar-refractivity contribution is 8.28. The standard InChI is InChI=1S/C10H9ClO4S/c1-15-10(12)9-8(11)6-4-2-3-5-7(6)16(9,13)14/h2-5,13-14H,1H3. The van der Waals surface area contributed by atoms with Gasteiger partial charge in [-0.15, -0.1) is 10.6 Å². The Morgan fingerprint density at radius 2 is 2.00 bits per heavy atom. The van der Waals surface area contributed by atoms with Gasteiger partial charge in [0.1, 0.15) is 0 Å². The van der Waals surface area contributed by atoms with Crippen molar-refractivity contribution >= 4 is 33.2 Å². The van der Waals surface area contributed by atoms with E-state index in [1.807, 2.05) is 0 Å². The van der Waals surface area contributed by atoms with Gasteiger partial charge in [0.2, 0.25) is 0 Å². The van der Waals surface area contributed by atoms with E-state index in [4.69, 9.17) is 11.6 Å². The smallest absolute Gasteiger partial charge is 0.355 e. The highest BCUT2D eigenvalue weighted by Crippen LogP contribution is 2.65. The Balaban J connectivity index is 2.66. The molecule has 0 unspecified atom stereocenters. The molecule has 0 aliphatic carbocycles. The van der Waals surface area contributed by atoms with Crippen molar-refractivity contribution in [3.63, 3.8) is 0 Å². The summed E-state index contributed by atoms with van der Waals surface area (Å²) in [7, 11) is -2.17. The van der Waals surface area contributed by atoms with Gasteiger partial charge >= 0.3 is 5.97 Å². The lowest BCUT2D eigenvalue weighted by Gasteiger charge is -2.29. The predicted octanol–water partition coefficient (Wildman–Crippen LogP) is 2.89. The molecule has 6 heteroatoms. The van der Waals surface area contributed by atoms with Crippen molar-refractivity contribution < 1.29 is 18.6 Å². The molecule has 2 N–H and O–H groups in total. The third-order valence-electron chi connectivity index (χ3n) is 2.28. The van der Waals surface area contributed by atoms with Crippen molar-refractivity contribution in [2.75, 3.05) is 7.11 Å². The minimum Gasteiger partial charge on any atom is -0.464 e. The molecule has 2 rings (SSSR count). The molecule has 86 valence electrons. The molecule has 4 nitrogen and oxygen atoms in total. The van der Waals surface area contributed by atoms with Crippen molar-refractivity contribution in [1.29, 1.82) is 0 Å². The van der Waals surface area contributed by atoms with Gasteiger partial charge in [-0.2, -0.15) is 0 Å². The Labute approximate surface area is 98.8 Å². The van der Waals surface area contributed by atoms with Gasteiger partial charge in [0.05, 0.1) is 17.0 Å². The second-order valence-corrected chi connectivity index (χ2v) is 5.50. The molecule has 0 spiro atoms. The summed E-state index contributed by atoms with van der Waals surface area (Å²) in [6, 6.07) is 6.51. The van der Waals surface area contributed by atoms with E-state index >= 15 is 0 Å². The Hall–Kier alpha value is -1.01. The zero-order valence-electron chi connectivity index (χ0n) is 8.31. The highest BCUT2D eigenvalue weighted by atomic mass is 35.5. The molecule has 1 heterocycles. The van der Waals surface area contributed by atoms with E-state index in [0.29, 0.717) is 5.56 Å². The lowest BCUT2D eigenvalue weighted by Crippen LogP contribution is -2.10. The highest BCUT2D eigenvalue weighted by Gasteiger charge is 2.39. The molecule has 0 saturated heterocycles. The number of fused-ring (bicyclic) bond motifs is 1. The number of hydrogen-bond acceptors (Lipinski definition) is 4. The van der Waals surface area contributed by atoms with Gasteiger partial charge in [-0.05, 0) is 6.07 Å². The summed E-state index contributed by atoms with van der Waals surface area (Å²) in [5.41, 5.74) is 0.463. The van der Waals surface area contributed by atoms with Gasteiger partial charge in [-0.3, -0.25) is 9.11 Å². The minimum absolute atomic E-state index is 0.0439. The molecule has 1 aromatic carbocycles. The third-order valence-corrected chi connectivity index (χ3v) is 4.70. The number of carbonyl (C=O) groups is 1. The third kappa shape index (κ3) is 1.44. The van der Waals surface area contributed by atoms with Gasteiger partial charge in [-0.25, -0.2) is 4.79 Å². The summed E-state index contributed by atoms with van der Waals surface area (Å²) >= 11 is 5.95. The van der Waals surface area contributed by atoms with Crippen molar-refractivity contribution in [3.05, 3.63) is 34.7 Å².